The highest BCUT2D eigenvalue weighted by atomic mass is 35.5. The predicted octanol–water partition coefficient (Wildman–Crippen LogP) is 4.07. The molecular weight excluding hydrogens is 482 g/mol. The standard InChI is InChI=1S/C23H17ClF2N6OS/c24-15-3-13-20(30-9-31-23(13)32-10-5-29-6-11(32)8-33-7-10)19(26)18(15)12-1-2-16(25)21-17(12)14(4-27)22(28)34-21/h1-3,9-11,29H,5-8,28H2. The van der Waals surface area contributed by atoms with E-state index in [0.717, 1.165) is 24.4 Å². The predicted molar refractivity (Wildman–Crippen MR) is 128 cm³/mol. The maximum atomic E-state index is 16.1. The lowest BCUT2D eigenvalue weighted by Gasteiger charge is -2.47. The largest absolute Gasteiger partial charge is 0.389 e. The molecule has 2 aliphatic rings. The van der Waals surface area contributed by atoms with Gasteiger partial charge in [0.05, 0.1) is 40.6 Å². The van der Waals surface area contributed by atoms with Crippen molar-refractivity contribution in [3.8, 4) is 17.2 Å². The van der Waals surface area contributed by atoms with Crippen LogP contribution in [-0.4, -0.2) is 48.4 Å². The summed E-state index contributed by atoms with van der Waals surface area (Å²) >= 11 is 7.61. The van der Waals surface area contributed by atoms with Crippen molar-refractivity contribution in [3.63, 3.8) is 0 Å². The Morgan fingerprint density at radius 2 is 2.00 bits per heavy atom. The first-order valence-corrected chi connectivity index (χ1v) is 11.8. The van der Waals surface area contributed by atoms with Gasteiger partial charge < -0.3 is 20.7 Å². The van der Waals surface area contributed by atoms with Crippen molar-refractivity contribution in [2.75, 3.05) is 36.9 Å². The number of rotatable bonds is 2. The monoisotopic (exact) mass is 498 g/mol. The number of ether oxygens (including phenoxy) is 1. The van der Waals surface area contributed by atoms with Crippen molar-refractivity contribution >= 4 is 54.7 Å². The first-order valence-electron chi connectivity index (χ1n) is 10.6. The third-order valence-corrected chi connectivity index (χ3v) is 7.74. The van der Waals surface area contributed by atoms with Crippen LogP contribution in [0.15, 0.2) is 24.5 Å². The molecule has 4 aromatic rings. The number of nitrogens with one attached hydrogen (secondary N) is 1. The molecule has 2 unspecified atom stereocenters. The van der Waals surface area contributed by atoms with Crippen molar-refractivity contribution < 1.29 is 13.5 Å². The van der Waals surface area contributed by atoms with E-state index in [0.29, 0.717) is 24.4 Å². The number of hydrogen-bond acceptors (Lipinski definition) is 8. The number of nitriles is 1. The van der Waals surface area contributed by atoms with Crippen LogP contribution in [0, 0.1) is 23.0 Å². The molecule has 4 heterocycles. The van der Waals surface area contributed by atoms with Crippen LogP contribution in [0.1, 0.15) is 5.56 Å². The summed E-state index contributed by atoms with van der Waals surface area (Å²) in [7, 11) is 0. The molecule has 172 valence electrons. The molecule has 2 aromatic heterocycles. The molecule has 11 heteroatoms. The summed E-state index contributed by atoms with van der Waals surface area (Å²) in [6.07, 6.45) is 1.33. The Morgan fingerprint density at radius 3 is 2.74 bits per heavy atom. The molecule has 0 amide bonds. The summed E-state index contributed by atoms with van der Waals surface area (Å²) in [5.74, 6) is -0.602. The molecule has 3 N–H and O–H groups in total. The van der Waals surface area contributed by atoms with Crippen molar-refractivity contribution in [1.29, 1.82) is 5.26 Å². The Labute approximate surface area is 201 Å². The van der Waals surface area contributed by atoms with Gasteiger partial charge in [-0.05, 0) is 17.7 Å². The van der Waals surface area contributed by atoms with Gasteiger partial charge in [0, 0.05) is 29.4 Å². The zero-order valence-corrected chi connectivity index (χ0v) is 19.2. The fraction of sp³-hybridized carbons (Fsp3) is 0.261. The smallest absolute Gasteiger partial charge is 0.158 e. The lowest BCUT2D eigenvalue weighted by molar-refractivity contribution is 0.0524. The third kappa shape index (κ3) is 3.05. The Kier molecular flexibility index (Phi) is 5.04. The number of halogens is 3. The molecule has 2 aromatic carbocycles. The Bertz CT molecular complexity index is 1500. The van der Waals surface area contributed by atoms with E-state index in [9.17, 15) is 9.65 Å². The Morgan fingerprint density at radius 1 is 1.24 bits per heavy atom. The maximum Gasteiger partial charge on any atom is 0.158 e. The van der Waals surface area contributed by atoms with E-state index >= 15 is 4.39 Å². The van der Waals surface area contributed by atoms with Gasteiger partial charge in [0.2, 0.25) is 0 Å². The molecule has 2 atom stereocenters. The van der Waals surface area contributed by atoms with Gasteiger partial charge >= 0.3 is 0 Å². The zero-order chi connectivity index (χ0) is 23.6. The van der Waals surface area contributed by atoms with Gasteiger partial charge in [-0.25, -0.2) is 18.7 Å². The lowest BCUT2D eigenvalue weighted by atomic mass is 9.96. The van der Waals surface area contributed by atoms with E-state index in [4.69, 9.17) is 22.1 Å². The van der Waals surface area contributed by atoms with Gasteiger partial charge in [0.25, 0.3) is 0 Å². The topological polar surface area (TPSA) is 100 Å². The third-order valence-electron chi connectivity index (χ3n) is 6.41. The van der Waals surface area contributed by atoms with E-state index < -0.39 is 11.6 Å². The normalized spacial score (nSPS) is 20.1. The molecule has 0 spiro atoms. The van der Waals surface area contributed by atoms with Crippen LogP contribution in [0.25, 0.3) is 32.1 Å². The van der Waals surface area contributed by atoms with Gasteiger partial charge in [-0.3, -0.25) is 0 Å². The fourth-order valence-corrected chi connectivity index (χ4v) is 6.20. The van der Waals surface area contributed by atoms with E-state index in [1.54, 1.807) is 6.07 Å². The minimum absolute atomic E-state index is 0.0435. The van der Waals surface area contributed by atoms with Crippen molar-refractivity contribution in [2.24, 2.45) is 0 Å². The van der Waals surface area contributed by atoms with Crippen molar-refractivity contribution in [3.05, 3.63) is 46.7 Å². The maximum absolute atomic E-state index is 16.1. The average Bonchev–Trinajstić information content (AvgIpc) is 3.16. The minimum Gasteiger partial charge on any atom is -0.389 e. The number of piperazine rings is 1. The number of nitrogens with two attached hydrogens (primary N) is 1. The number of thiophene rings is 1. The summed E-state index contributed by atoms with van der Waals surface area (Å²) < 4.78 is 36.5. The molecule has 2 fully saturated rings. The summed E-state index contributed by atoms with van der Waals surface area (Å²) in [6, 6.07) is 6.39. The molecule has 2 bridgehead atoms. The number of morpholine rings is 1. The van der Waals surface area contributed by atoms with Crippen molar-refractivity contribution in [1.82, 2.24) is 15.3 Å². The fourth-order valence-electron chi connectivity index (χ4n) is 4.95. The Balaban J connectivity index is 1.60. The highest BCUT2D eigenvalue weighted by Crippen LogP contribution is 2.45. The second-order valence-electron chi connectivity index (χ2n) is 8.30. The summed E-state index contributed by atoms with van der Waals surface area (Å²) in [5.41, 5.74) is 6.49. The molecular formula is C23H17ClF2N6OS. The number of aromatic nitrogens is 2. The molecule has 6 rings (SSSR count). The molecule has 34 heavy (non-hydrogen) atoms. The van der Waals surface area contributed by atoms with Crippen LogP contribution >= 0.6 is 22.9 Å². The van der Waals surface area contributed by atoms with E-state index in [1.807, 2.05) is 6.07 Å². The van der Waals surface area contributed by atoms with Crippen LogP contribution in [0.5, 0.6) is 0 Å². The summed E-state index contributed by atoms with van der Waals surface area (Å²) in [5, 5.41) is 14.0. The SMILES string of the molecule is N#Cc1c(N)sc2c(F)ccc(-c3c(Cl)cc4c(N5C6CNCC5COC6)ncnc4c3F)c12. The highest BCUT2D eigenvalue weighted by molar-refractivity contribution is 7.23. The van der Waals surface area contributed by atoms with Crippen LogP contribution in [0.4, 0.5) is 19.6 Å². The van der Waals surface area contributed by atoms with E-state index in [2.05, 4.69) is 20.2 Å². The molecule has 2 saturated heterocycles. The zero-order valence-electron chi connectivity index (χ0n) is 17.6. The van der Waals surface area contributed by atoms with Crippen LogP contribution in [0.3, 0.4) is 0 Å². The molecule has 7 nitrogen and oxygen atoms in total. The van der Waals surface area contributed by atoms with E-state index in [-0.39, 0.29) is 54.4 Å². The first kappa shape index (κ1) is 21.4. The van der Waals surface area contributed by atoms with Gasteiger partial charge in [0.15, 0.2) is 5.82 Å². The second kappa shape index (κ2) is 7.99. The number of benzene rings is 2. The van der Waals surface area contributed by atoms with Crippen LogP contribution in [-0.2, 0) is 4.74 Å². The van der Waals surface area contributed by atoms with E-state index in [1.165, 1.54) is 18.5 Å². The second-order valence-corrected chi connectivity index (χ2v) is 9.76. The Hall–Kier alpha value is -3.10. The first-order chi connectivity index (χ1) is 16.5. The van der Waals surface area contributed by atoms with Gasteiger partial charge in [-0.2, -0.15) is 5.26 Å². The summed E-state index contributed by atoms with van der Waals surface area (Å²) in [4.78, 5) is 10.9. The van der Waals surface area contributed by atoms with Gasteiger partial charge in [0.1, 0.15) is 34.5 Å². The molecule has 0 saturated carbocycles. The number of hydrogen-bond donors (Lipinski definition) is 2. The number of anilines is 2. The van der Waals surface area contributed by atoms with Gasteiger partial charge in [-0.1, -0.05) is 17.7 Å². The highest BCUT2D eigenvalue weighted by Gasteiger charge is 2.37. The minimum atomic E-state index is -0.663. The number of nitrogen functional groups attached to an aromatic ring is 1. The number of fused-ring (bicyclic) bond motifs is 4. The average molecular weight is 499 g/mol. The van der Waals surface area contributed by atoms with Crippen LogP contribution in [0.2, 0.25) is 5.02 Å². The molecule has 2 aliphatic heterocycles. The van der Waals surface area contributed by atoms with Gasteiger partial charge in [-0.15, -0.1) is 11.3 Å². The van der Waals surface area contributed by atoms with Crippen LogP contribution < -0.4 is 16.0 Å². The summed E-state index contributed by atoms with van der Waals surface area (Å²) in [6.45, 7) is 2.52. The molecule has 0 aliphatic carbocycles. The molecule has 0 radical (unpaired) electrons. The quantitative estimate of drug-likeness (QED) is 0.429. The van der Waals surface area contributed by atoms with Crippen molar-refractivity contribution in [2.45, 2.75) is 12.1 Å². The number of nitrogens with zero attached hydrogens (tertiary/aromatic N) is 4. The lowest BCUT2D eigenvalue weighted by Crippen LogP contribution is -2.64.